The van der Waals surface area contributed by atoms with E-state index in [1.54, 1.807) is 0 Å². The summed E-state index contributed by atoms with van der Waals surface area (Å²) in [5.41, 5.74) is -0.306. The van der Waals surface area contributed by atoms with Crippen molar-refractivity contribution in [3.63, 3.8) is 0 Å². The van der Waals surface area contributed by atoms with Crippen molar-refractivity contribution in [3.8, 4) is 0 Å². The molecule has 1 heterocycles. The third kappa shape index (κ3) is 3.89. The molecule has 0 aliphatic carbocycles. The van der Waals surface area contributed by atoms with E-state index in [4.69, 9.17) is 11.6 Å². The molecule has 0 spiro atoms. The fraction of sp³-hybridized carbons (Fsp3) is 0.462. The molecule has 3 N–H and O–H groups in total. The van der Waals surface area contributed by atoms with Crippen molar-refractivity contribution in [2.24, 2.45) is 0 Å². The predicted molar refractivity (Wildman–Crippen MR) is 70.6 cm³/mol. The van der Waals surface area contributed by atoms with Gasteiger partial charge < -0.3 is 15.7 Å². The smallest absolute Gasteiger partial charge is 0.224 e. The molecule has 0 unspecified atom stereocenters. The first-order valence-electron chi connectivity index (χ1n) is 6.12. The van der Waals surface area contributed by atoms with E-state index in [0.717, 1.165) is 6.54 Å². The summed E-state index contributed by atoms with van der Waals surface area (Å²) in [6, 6.07) is 3.94. The van der Waals surface area contributed by atoms with Crippen molar-refractivity contribution in [2.45, 2.75) is 18.4 Å². The summed E-state index contributed by atoms with van der Waals surface area (Å²) >= 11 is 5.85. The van der Waals surface area contributed by atoms with E-state index in [0.29, 0.717) is 18.5 Å². The zero-order chi connectivity index (χ0) is 13.9. The average molecular weight is 287 g/mol. The third-order valence-electron chi connectivity index (χ3n) is 3.20. The summed E-state index contributed by atoms with van der Waals surface area (Å²) in [4.78, 5) is 11.8. The Morgan fingerprint density at radius 1 is 1.58 bits per heavy atom. The Bertz CT molecular complexity index is 476. The van der Waals surface area contributed by atoms with Gasteiger partial charge in [0, 0.05) is 18.1 Å². The maximum Gasteiger partial charge on any atom is 0.224 e. The molecule has 1 saturated heterocycles. The molecule has 1 aromatic rings. The largest absolute Gasteiger partial charge is 0.387 e. The number of benzene rings is 1. The molecule has 0 radical (unpaired) electrons. The molecule has 1 aliphatic rings. The van der Waals surface area contributed by atoms with Gasteiger partial charge in [-0.15, -0.1) is 0 Å². The second kappa shape index (κ2) is 5.86. The van der Waals surface area contributed by atoms with E-state index in [1.807, 2.05) is 0 Å². The molecule has 4 nitrogen and oxygen atoms in total. The fourth-order valence-electron chi connectivity index (χ4n) is 2.05. The molecule has 0 saturated carbocycles. The number of aliphatic hydroxyl groups is 1. The lowest BCUT2D eigenvalue weighted by Crippen LogP contribution is -2.44. The average Bonchev–Trinajstić information content (AvgIpc) is 2.78. The Morgan fingerprint density at radius 2 is 2.37 bits per heavy atom. The summed E-state index contributed by atoms with van der Waals surface area (Å²) in [5.74, 6) is -0.672. The highest BCUT2D eigenvalue weighted by molar-refractivity contribution is 6.31. The molecule has 1 fully saturated rings. The van der Waals surface area contributed by atoms with E-state index in [-0.39, 0.29) is 23.9 Å². The minimum atomic E-state index is -0.873. The molecule has 1 aromatic carbocycles. The highest BCUT2D eigenvalue weighted by Crippen LogP contribution is 2.18. The molecule has 6 heteroatoms. The number of carbonyl (C=O) groups is 1. The van der Waals surface area contributed by atoms with E-state index in [1.165, 1.54) is 18.2 Å². The lowest BCUT2D eigenvalue weighted by molar-refractivity contribution is -0.121. The number of rotatable bonds is 4. The molecule has 1 aliphatic heterocycles. The van der Waals surface area contributed by atoms with Crippen molar-refractivity contribution < 1.29 is 14.3 Å². The van der Waals surface area contributed by atoms with Gasteiger partial charge in [0.1, 0.15) is 5.82 Å². The van der Waals surface area contributed by atoms with Crippen LogP contribution in [0.2, 0.25) is 5.02 Å². The van der Waals surface area contributed by atoms with Crippen LogP contribution >= 0.6 is 11.6 Å². The number of hydrogen-bond acceptors (Lipinski definition) is 3. The van der Waals surface area contributed by atoms with Gasteiger partial charge >= 0.3 is 0 Å². The minimum absolute atomic E-state index is 0.0720. The van der Waals surface area contributed by atoms with Crippen LogP contribution in [0.5, 0.6) is 0 Å². The summed E-state index contributed by atoms with van der Waals surface area (Å²) in [6.45, 7) is 1.43. The normalized spacial score (nSPS) is 22.5. The van der Waals surface area contributed by atoms with Gasteiger partial charge in [0.15, 0.2) is 0 Å². The van der Waals surface area contributed by atoms with Gasteiger partial charge in [-0.05, 0) is 30.7 Å². The zero-order valence-electron chi connectivity index (χ0n) is 10.4. The summed E-state index contributed by atoms with van der Waals surface area (Å²) in [5, 5.41) is 16.0. The number of nitrogens with one attached hydrogen (secondary N) is 2. The van der Waals surface area contributed by atoms with Crippen LogP contribution in [-0.4, -0.2) is 36.2 Å². The zero-order valence-corrected chi connectivity index (χ0v) is 11.1. The van der Waals surface area contributed by atoms with E-state index < -0.39 is 11.4 Å². The molecule has 104 valence electrons. The van der Waals surface area contributed by atoms with Crippen LogP contribution in [0.1, 0.15) is 12.0 Å². The van der Waals surface area contributed by atoms with E-state index in [2.05, 4.69) is 10.6 Å². The summed E-state index contributed by atoms with van der Waals surface area (Å²) in [6.07, 6.45) is 0.688. The SMILES string of the molecule is O=C(Cc1ccc(F)cc1Cl)NC[C@]1(O)CCNC1. The first-order valence-corrected chi connectivity index (χ1v) is 6.50. The number of β-amino-alcohol motifs (C(OH)–C–C–N with tert-alkyl or cyclic N) is 1. The van der Waals surface area contributed by atoms with Crippen LogP contribution in [-0.2, 0) is 11.2 Å². The standard InChI is InChI=1S/C13H16ClFN2O2/c14-11-6-10(15)2-1-9(11)5-12(18)17-8-13(19)3-4-16-7-13/h1-2,6,16,19H,3-5,7-8H2,(H,17,18)/t13-/m0/s1. The molecule has 0 bridgehead atoms. The van der Waals surface area contributed by atoms with Crippen LogP contribution in [0.25, 0.3) is 0 Å². The quantitative estimate of drug-likeness (QED) is 0.769. The molecule has 1 amide bonds. The van der Waals surface area contributed by atoms with Gasteiger partial charge in [-0.2, -0.15) is 0 Å². The maximum absolute atomic E-state index is 12.9. The van der Waals surface area contributed by atoms with Gasteiger partial charge in [-0.3, -0.25) is 4.79 Å². The Hall–Kier alpha value is -1.17. The highest BCUT2D eigenvalue weighted by Gasteiger charge is 2.31. The maximum atomic E-state index is 12.9. The number of hydrogen-bond donors (Lipinski definition) is 3. The molecule has 2 rings (SSSR count). The second-order valence-electron chi connectivity index (χ2n) is 4.84. The van der Waals surface area contributed by atoms with Crippen molar-refractivity contribution in [3.05, 3.63) is 34.6 Å². The van der Waals surface area contributed by atoms with Crippen LogP contribution in [0.3, 0.4) is 0 Å². The molecule has 0 aromatic heterocycles. The van der Waals surface area contributed by atoms with Crippen molar-refractivity contribution in [1.82, 2.24) is 10.6 Å². The Kier molecular flexibility index (Phi) is 4.39. The number of amides is 1. The van der Waals surface area contributed by atoms with Crippen LogP contribution < -0.4 is 10.6 Å². The van der Waals surface area contributed by atoms with Gasteiger partial charge in [0.2, 0.25) is 5.91 Å². The second-order valence-corrected chi connectivity index (χ2v) is 5.25. The lowest BCUT2D eigenvalue weighted by atomic mass is 10.0. The minimum Gasteiger partial charge on any atom is -0.387 e. The van der Waals surface area contributed by atoms with Crippen molar-refractivity contribution in [1.29, 1.82) is 0 Å². The predicted octanol–water partition coefficient (Wildman–Crippen LogP) is 0.862. The Labute approximate surface area is 116 Å². The first kappa shape index (κ1) is 14.2. The first-order chi connectivity index (χ1) is 8.98. The van der Waals surface area contributed by atoms with Crippen molar-refractivity contribution in [2.75, 3.05) is 19.6 Å². The third-order valence-corrected chi connectivity index (χ3v) is 3.55. The molecule has 19 heavy (non-hydrogen) atoms. The highest BCUT2D eigenvalue weighted by atomic mass is 35.5. The Balaban J connectivity index is 1.87. The Morgan fingerprint density at radius 3 is 3.00 bits per heavy atom. The fourth-order valence-corrected chi connectivity index (χ4v) is 2.28. The van der Waals surface area contributed by atoms with Gasteiger partial charge in [-0.1, -0.05) is 17.7 Å². The van der Waals surface area contributed by atoms with Gasteiger partial charge in [-0.25, -0.2) is 4.39 Å². The van der Waals surface area contributed by atoms with E-state index >= 15 is 0 Å². The number of carbonyl (C=O) groups excluding carboxylic acids is 1. The van der Waals surface area contributed by atoms with Crippen LogP contribution in [0.4, 0.5) is 4.39 Å². The molecule has 1 atom stereocenters. The van der Waals surface area contributed by atoms with Gasteiger partial charge in [0.25, 0.3) is 0 Å². The van der Waals surface area contributed by atoms with Crippen LogP contribution in [0.15, 0.2) is 18.2 Å². The van der Waals surface area contributed by atoms with Crippen LogP contribution in [0, 0.1) is 5.82 Å². The van der Waals surface area contributed by atoms with E-state index in [9.17, 15) is 14.3 Å². The molecular weight excluding hydrogens is 271 g/mol. The van der Waals surface area contributed by atoms with Gasteiger partial charge in [0.05, 0.1) is 12.0 Å². The summed E-state index contributed by atoms with van der Waals surface area (Å²) < 4.78 is 12.9. The lowest BCUT2D eigenvalue weighted by Gasteiger charge is -2.21. The molecular formula is C13H16ClFN2O2. The number of halogens is 2. The summed E-state index contributed by atoms with van der Waals surface area (Å²) in [7, 11) is 0. The van der Waals surface area contributed by atoms with Crippen molar-refractivity contribution >= 4 is 17.5 Å². The topological polar surface area (TPSA) is 61.4 Å². The monoisotopic (exact) mass is 286 g/mol.